The van der Waals surface area contributed by atoms with Gasteiger partial charge >= 0.3 is 6.09 Å². The van der Waals surface area contributed by atoms with Gasteiger partial charge in [-0.05, 0) is 31.2 Å². The zero-order valence-corrected chi connectivity index (χ0v) is 12.5. The number of rotatable bonds is 5. The van der Waals surface area contributed by atoms with Gasteiger partial charge in [0.2, 0.25) is 5.91 Å². The smallest absolute Gasteiger partial charge is 0.407 e. The van der Waals surface area contributed by atoms with Crippen LogP contribution in [0.1, 0.15) is 31.2 Å². The predicted molar refractivity (Wildman–Crippen MR) is 81.0 cm³/mol. The van der Waals surface area contributed by atoms with E-state index in [1.807, 2.05) is 30.3 Å². The molecule has 0 unspecified atom stereocenters. The molecule has 1 saturated carbocycles. The number of ether oxygens (including phenoxy) is 1. The maximum Gasteiger partial charge on any atom is 0.407 e. The summed E-state index contributed by atoms with van der Waals surface area (Å²) in [4.78, 5) is 23.2. The van der Waals surface area contributed by atoms with Crippen molar-refractivity contribution in [3.05, 3.63) is 35.9 Å². The van der Waals surface area contributed by atoms with Gasteiger partial charge in [0.25, 0.3) is 0 Å². The van der Waals surface area contributed by atoms with E-state index >= 15 is 0 Å². The maximum absolute atomic E-state index is 11.7. The molecule has 0 atom stereocenters. The van der Waals surface area contributed by atoms with Gasteiger partial charge in [-0.3, -0.25) is 4.79 Å². The molecule has 3 N–H and O–H groups in total. The van der Waals surface area contributed by atoms with E-state index in [9.17, 15) is 14.7 Å². The van der Waals surface area contributed by atoms with Gasteiger partial charge in [-0.2, -0.15) is 0 Å². The third-order valence-corrected chi connectivity index (χ3v) is 3.67. The number of carbonyl (C=O) groups excluding carboxylic acids is 2. The lowest BCUT2D eigenvalue weighted by Gasteiger charge is -2.26. The van der Waals surface area contributed by atoms with Crippen molar-refractivity contribution in [2.45, 2.75) is 44.4 Å². The lowest BCUT2D eigenvalue weighted by atomic mass is 9.93. The summed E-state index contributed by atoms with van der Waals surface area (Å²) < 4.78 is 5.02. The van der Waals surface area contributed by atoms with E-state index in [1.165, 1.54) is 0 Å². The summed E-state index contributed by atoms with van der Waals surface area (Å²) in [7, 11) is 0. The normalized spacial score (nSPS) is 21.0. The molecule has 0 radical (unpaired) electrons. The van der Waals surface area contributed by atoms with Crippen molar-refractivity contribution in [3.8, 4) is 0 Å². The van der Waals surface area contributed by atoms with Crippen molar-refractivity contribution in [3.63, 3.8) is 0 Å². The van der Waals surface area contributed by atoms with E-state index in [2.05, 4.69) is 10.6 Å². The second-order valence-corrected chi connectivity index (χ2v) is 5.49. The standard InChI is InChI=1S/C16H22N2O4/c19-14-8-6-13(7-9-14)18-15(20)10-17-16(21)22-11-12-4-2-1-3-5-12/h1-5,13-14,19H,6-11H2,(H,17,21)(H,18,20). The third kappa shape index (κ3) is 5.73. The molecule has 0 bridgehead atoms. The van der Waals surface area contributed by atoms with Crippen molar-refractivity contribution in [2.75, 3.05) is 6.54 Å². The molecule has 6 nitrogen and oxygen atoms in total. The number of nitrogens with one attached hydrogen (secondary N) is 2. The summed E-state index contributed by atoms with van der Waals surface area (Å²) in [6, 6.07) is 9.42. The van der Waals surface area contributed by atoms with Crippen LogP contribution in [0.5, 0.6) is 0 Å². The van der Waals surface area contributed by atoms with Crippen LogP contribution in [0.3, 0.4) is 0 Å². The van der Waals surface area contributed by atoms with Crippen LogP contribution in [0.25, 0.3) is 0 Å². The Kier molecular flexibility index (Phi) is 6.21. The minimum atomic E-state index is -0.613. The predicted octanol–water partition coefficient (Wildman–Crippen LogP) is 1.33. The molecule has 1 aliphatic carbocycles. The number of alkyl carbamates (subject to hydrolysis) is 1. The highest BCUT2D eigenvalue weighted by atomic mass is 16.5. The van der Waals surface area contributed by atoms with Crippen molar-refractivity contribution >= 4 is 12.0 Å². The number of benzene rings is 1. The van der Waals surface area contributed by atoms with Gasteiger partial charge in [0.05, 0.1) is 6.10 Å². The molecule has 1 fully saturated rings. The van der Waals surface area contributed by atoms with Crippen LogP contribution in [0.4, 0.5) is 4.79 Å². The molecule has 2 amide bonds. The fourth-order valence-corrected chi connectivity index (χ4v) is 2.43. The molecule has 0 aromatic heterocycles. The number of aliphatic hydroxyl groups is 1. The third-order valence-electron chi connectivity index (χ3n) is 3.67. The summed E-state index contributed by atoms with van der Waals surface area (Å²) in [6.07, 6.45) is 2.09. The first-order valence-corrected chi connectivity index (χ1v) is 7.55. The molecule has 1 aromatic rings. The zero-order chi connectivity index (χ0) is 15.8. The maximum atomic E-state index is 11.7. The van der Waals surface area contributed by atoms with Gasteiger partial charge < -0.3 is 20.5 Å². The van der Waals surface area contributed by atoms with E-state index in [4.69, 9.17) is 4.74 Å². The summed E-state index contributed by atoms with van der Waals surface area (Å²) in [5, 5.41) is 14.7. The van der Waals surface area contributed by atoms with Gasteiger partial charge in [0, 0.05) is 6.04 Å². The molecule has 6 heteroatoms. The second kappa shape index (κ2) is 8.38. The Balaban J connectivity index is 1.60. The van der Waals surface area contributed by atoms with Crippen LogP contribution >= 0.6 is 0 Å². The van der Waals surface area contributed by atoms with Crippen molar-refractivity contribution in [1.29, 1.82) is 0 Å². The largest absolute Gasteiger partial charge is 0.445 e. The Hall–Kier alpha value is -2.08. The van der Waals surface area contributed by atoms with Crippen molar-refractivity contribution < 1.29 is 19.4 Å². The van der Waals surface area contributed by atoms with Crippen LogP contribution in [0.2, 0.25) is 0 Å². The first-order chi connectivity index (χ1) is 10.6. The van der Waals surface area contributed by atoms with E-state index < -0.39 is 6.09 Å². The fraction of sp³-hybridized carbons (Fsp3) is 0.500. The first kappa shape index (κ1) is 16.3. The molecular formula is C16H22N2O4. The van der Waals surface area contributed by atoms with Gasteiger partial charge in [-0.25, -0.2) is 4.79 Å². The van der Waals surface area contributed by atoms with Gasteiger partial charge in [0.15, 0.2) is 0 Å². The number of amides is 2. The monoisotopic (exact) mass is 306 g/mol. The first-order valence-electron chi connectivity index (χ1n) is 7.55. The Morgan fingerprint density at radius 2 is 1.82 bits per heavy atom. The van der Waals surface area contributed by atoms with Crippen molar-refractivity contribution in [1.82, 2.24) is 10.6 Å². The van der Waals surface area contributed by atoms with Gasteiger partial charge in [-0.1, -0.05) is 30.3 Å². The molecule has 2 rings (SSSR count). The van der Waals surface area contributed by atoms with Gasteiger partial charge in [-0.15, -0.1) is 0 Å². The van der Waals surface area contributed by atoms with Crippen LogP contribution in [-0.4, -0.2) is 35.8 Å². The van der Waals surface area contributed by atoms with Crippen LogP contribution < -0.4 is 10.6 Å². The summed E-state index contributed by atoms with van der Waals surface area (Å²) in [5.41, 5.74) is 0.892. The zero-order valence-electron chi connectivity index (χ0n) is 12.5. The average Bonchev–Trinajstić information content (AvgIpc) is 2.54. The Bertz CT molecular complexity index is 484. The average molecular weight is 306 g/mol. The molecule has 0 heterocycles. The van der Waals surface area contributed by atoms with E-state index in [1.54, 1.807) is 0 Å². The van der Waals surface area contributed by atoms with Crippen LogP contribution in [-0.2, 0) is 16.1 Å². The Morgan fingerprint density at radius 3 is 2.50 bits per heavy atom. The number of carbonyl (C=O) groups is 2. The summed E-state index contributed by atoms with van der Waals surface area (Å²) in [5.74, 6) is -0.238. The Labute approximate surface area is 129 Å². The SMILES string of the molecule is O=C(CNC(=O)OCc1ccccc1)NC1CCC(O)CC1. The molecule has 0 aliphatic heterocycles. The van der Waals surface area contributed by atoms with Crippen molar-refractivity contribution in [2.24, 2.45) is 0 Å². The molecule has 120 valence electrons. The van der Waals surface area contributed by atoms with E-state index in [0.29, 0.717) is 12.8 Å². The number of hydrogen-bond donors (Lipinski definition) is 3. The fourth-order valence-electron chi connectivity index (χ4n) is 2.43. The van der Waals surface area contributed by atoms with Crippen LogP contribution in [0.15, 0.2) is 30.3 Å². The molecule has 22 heavy (non-hydrogen) atoms. The number of hydrogen-bond acceptors (Lipinski definition) is 4. The molecular weight excluding hydrogens is 284 g/mol. The summed E-state index contributed by atoms with van der Waals surface area (Å²) >= 11 is 0. The highest BCUT2D eigenvalue weighted by Gasteiger charge is 2.20. The molecule has 1 aliphatic rings. The second-order valence-electron chi connectivity index (χ2n) is 5.49. The summed E-state index contributed by atoms with van der Waals surface area (Å²) in [6.45, 7) is 0.0709. The quantitative estimate of drug-likeness (QED) is 0.766. The lowest BCUT2D eigenvalue weighted by Crippen LogP contribution is -2.43. The molecule has 1 aromatic carbocycles. The topological polar surface area (TPSA) is 87.7 Å². The molecule has 0 saturated heterocycles. The highest BCUT2D eigenvalue weighted by molar-refractivity contribution is 5.82. The van der Waals surface area contributed by atoms with E-state index in [-0.39, 0.29) is 31.2 Å². The minimum Gasteiger partial charge on any atom is -0.445 e. The van der Waals surface area contributed by atoms with Crippen LogP contribution in [0, 0.1) is 0 Å². The minimum absolute atomic E-state index is 0.0815. The number of aliphatic hydroxyl groups excluding tert-OH is 1. The van der Waals surface area contributed by atoms with E-state index in [0.717, 1.165) is 18.4 Å². The lowest BCUT2D eigenvalue weighted by molar-refractivity contribution is -0.121. The van der Waals surface area contributed by atoms with Gasteiger partial charge in [0.1, 0.15) is 13.2 Å². The molecule has 0 spiro atoms. The Morgan fingerprint density at radius 1 is 1.14 bits per heavy atom. The highest BCUT2D eigenvalue weighted by Crippen LogP contribution is 2.17.